The fourth-order valence-electron chi connectivity index (χ4n) is 3.00. The van der Waals surface area contributed by atoms with E-state index >= 15 is 0 Å². The molecule has 0 amide bonds. The van der Waals surface area contributed by atoms with Crippen LogP contribution in [0.3, 0.4) is 0 Å². The molecular weight excluding hydrogens is 390 g/mol. The molecule has 1 saturated heterocycles. The number of cyclic esters (lactones) is 2. The number of hydrogen-bond donors (Lipinski definition) is 1. The smallest absolute Gasteiger partial charge is 0.350 e. The van der Waals surface area contributed by atoms with Crippen molar-refractivity contribution in [1.82, 2.24) is 0 Å². The fourth-order valence-corrected chi connectivity index (χ4v) is 3.00. The lowest BCUT2D eigenvalue weighted by atomic mass is 10.0. The van der Waals surface area contributed by atoms with Crippen molar-refractivity contribution in [2.24, 2.45) is 0 Å². The molecule has 0 atom stereocenters. The Morgan fingerprint density at radius 3 is 2.17 bits per heavy atom. The number of hydrogen-bond acceptors (Lipinski definition) is 8. The van der Waals surface area contributed by atoms with Gasteiger partial charge in [0.1, 0.15) is 13.2 Å². The highest BCUT2D eigenvalue weighted by Crippen LogP contribution is 2.31. The highest BCUT2D eigenvalue weighted by atomic mass is 16.7. The molecule has 8 nitrogen and oxygen atoms in total. The summed E-state index contributed by atoms with van der Waals surface area (Å²) in [7, 11) is 0. The van der Waals surface area contributed by atoms with E-state index in [4.69, 9.17) is 18.9 Å². The minimum atomic E-state index is -1.29. The Bertz CT molecular complexity index is 1030. The zero-order valence-corrected chi connectivity index (χ0v) is 16.4. The van der Waals surface area contributed by atoms with Crippen molar-refractivity contribution < 1.29 is 33.3 Å². The van der Waals surface area contributed by atoms with E-state index in [0.717, 1.165) is 0 Å². The third-order valence-electron chi connectivity index (χ3n) is 4.45. The van der Waals surface area contributed by atoms with Crippen molar-refractivity contribution in [1.29, 1.82) is 0 Å². The normalized spacial score (nSPS) is 16.9. The molecule has 4 rings (SSSR count). The maximum atomic E-state index is 12.7. The monoisotopic (exact) mass is 409 g/mol. The number of benzene rings is 2. The van der Waals surface area contributed by atoms with Gasteiger partial charge in [0.05, 0.1) is 0 Å². The van der Waals surface area contributed by atoms with E-state index in [1.54, 1.807) is 42.5 Å². The highest BCUT2D eigenvalue weighted by Gasteiger charge is 2.38. The third kappa shape index (κ3) is 3.98. The lowest BCUT2D eigenvalue weighted by molar-refractivity contribution is -0.222. The molecule has 0 bridgehead atoms. The SMILES string of the molecule is CC1(C)OC(=O)C(=CNc2ccc(C(=O)c3ccc4c(c3)OCCO4)cc2)C(=O)O1. The topological polar surface area (TPSA) is 100 Å². The molecule has 2 aromatic rings. The summed E-state index contributed by atoms with van der Waals surface area (Å²) in [5, 5.41) is 2.84. The van der Waals surface area contributed by atoms with Crippen LogP contribution in [0.5, 0.6) is 11.5 Å². The van der Waals surface area contributed by atoms with Gasteiger partial charge in [-0.15, -0.1) is 0 Å². The number of nitrogens with one attached hydrogen (secondary N) is 1. The van der Waals surface area contributed by atoms with Gasteiger partial charge in [-0.2, -0.15) is 0 Å². The van der Waals surface area contributed by atoms with Crippen LogP contribution in [-0.2, 0) is 19.1 Å². The Morgan fingerprint density at radius 2 is 1.50 bits per heavy atom. The molecule has 0 spiro atoms. The molecule has 8 heteroatoms. The van der Waals surface area contributed by atoms with Crippen LogP contribution in [0.15, 0.2) is 54.2 Å². The summed E-state index contributed by atoms with van der Waals surface area (Å²) in [4.78, 5) is 36.6. The van der Waals surface area contributed by atoms with E-state index in [0.29, 0.717) is 41.5 Å². The molecule has 2 aliphatic rings. The summed E-state index contributed by atoms with van der Waals surface area (Å²) in [6, 6.07) is 11.7. The van der Waals surface area contributed by atoms with Crippen LogP contribution in [0, 0.1) is 0 Å². The molecule has 0 unspecified atom stereocenters. The van der Waals surface area contributed by atoms with Crippen LogP contribution in [-0.4, -0.2) is 36.7 Å². The highest BCUT2D eigenvalue weighted by molar-refractivity contribution is 6.15. The fraction of sp³-hybridized carbons (Fsp3) is 0.227. The Balaban J connectivity index is 1.46. The van der Waals surface area contributed by atoms with E-state index in [1.165, 1.54) is 20.0 Å². The van der Waals surface area contributed by atoms with Crippen molar-refractivity contribution in [3.63, 3.8) is 0 Å². The summed E-state index contributed by atoms with van der Waals surface area (Å²) in [5.41, 5.74) is 1.29. The largest absolute Gasteiger partial charge is 0.486 e. The number of ether oxygens (including phenoxy) is 4. The second kappa shape index (κ2) is 7.55. The first kappa shape index (κ1) is 19.5. The van der Waals surface area contributed by atoms with Crippen molar-refractivity contribution in [3.8, 4) is 11.5 Å². The summed E-state index contributed by atoms with van der Waals surface area (Å²) in [6.45, 7) is 3.88. The predicted octanol–water partition coefficient (Wildman–Crippen LogP) is 2.82. The first-order valence-electron chi connectivity index (χ1n) is 9.30. The van der Waals surface area contributed by atoms with Crippen LogP contribution < -0.4 is 14.8 Å². The maximum absolute atomic E-state index is 12.7. The molecule has 0 radical (unpaired) electrons. The maximum Gasteiger partial charge on any atom is 0.350 e. The molecule has 1 N–H and O–H groups in total. The minimum absolute atomic E-state index is 0.168. The predicted molar refractivity (Wildman–Crippen MR) is 105 cm³/mol. The molecule has 0 saturated carbocycles. The standard InChI is InChI=1S/C22H19NO7/c1-22(2)29-20(25)16(21(26)30-22)12-23-15-6-3-13(4-7-15)19(24)14-5-8-17-18(11-14)28-10-9-27-17/h3-8,11-12,23H,9-10H2,1-2H3. The van der Waals surface area contributed by atoms with E-state index in [1.807, 2.05) is 0 Å². The van der Waals surface area contributed by atoms with Crippen molar-refractivity contribution in [2.75, 3.05) is 18.5 Å². The van der Waals surface area contributed by atoms with Crippen molar-refractivity contribution in [2.45, 2.75) is 19.6 Å². The number of carbonyl (C=O) groups excluding carboxylic acids is 3. The average molecular weight is 409 g/mol. The Morgan fingerprint density at radius 1 is 0.900 bits per heavy atom. The van der Waals surface area contributed by atoms with Gasteiger partial charge >= 0.3 is 11.9 Å². The molecule has 2 heterocycles. The number of fused-ring (bicyclic) bond motifs is 1. The van der Waals surface area contributed by atoms with Crippen LogP contribution in [0.4, 0.5) is 5.69 Å². The van der Waals surface area contributed by atoms with Gasteiger partial charge in [-0.3, -0.25) is 4.79 Å². The van der Waals surface area contributed by atoms with Gasteiger partial charge in [-0.05, 0) is 42.5 Å². The van der Waals surface area contributed by atoms with Crippen LogP contribution in [0.2, 0.25) is 0 Å². The first-order chi connectivity index (χ1) is 14.3. The summed E-state index contributed by atoms with van der Waals surface area (Å²) >= 11 is 0. The van der Waals surface area contributed by atoms with Crippen LogP contribution in [0.25, 0.3) is 0 Å². The zero-order chi connectivity index (χ0) is 21.3. The van der Waals surface area contributed by atoms with E-state index < -0.39 is 17.7 Å². The molecule has 0 aliphatic carbocycles. The molecule has 30 heavy (non-hydrogen) atoms. The lowest BCUT2D eigenvalue weighted by Crippen LogP contribution is -2.42. The van der Waals surface area contributed by atoms with Crippen molar-refractivity contribution in [3.05, 3.63) is 65.4 Å². The van der Waals surface area contributed by atoms with E-state index in [9.17, 15) is 14.4 Å². The molecule has 0 aromatic heterocycles. The first-order valence-corrected chi connectivity index (χ1v) is 9.30. The number of rotatable bonds is 4. The van der Waals surface area contributed by atoms with Crippen molar-refractivity contribution >= 4 is 23.4 Å². The van der Waals surface area contributed by atoms with Crippen LogP contribution >= 0.6 is 0 Å². The van der Waals surface area contributed by atoms with Gasteiger partial charge in [0, 0.05) is 36.9 Å². The quantitative estimate of drug-likeness (QED) is 0.356. The molecule has 154 valence electrons. The number of carbonyl (C=O) groups is 3. The number of ketones is 1. The van der Waals surface area contributed by atoms with Gasteiger partial charge < -0.3 is 24.3 Å². The lowest BCUT2D eigenvalue weighted by Gasteiger charge is -2.29. The minimum Gasteiger partial charge on any atom is -0.486 e. The number of anilines is 1. The Kier molecular flexibility index (Phi) is 4.91. The van der Waals surface area contributed by atoms with Gasteiger partial charge in [-0.25, -0.2) is 9.59 Å². The number of esters is 2. The van der Waals surface area contributed by atoms with Gasteiger partial charge in [0.2, 0.25) is 0 Å². The van der Waals surface area contributed by atoms with Gasteiger partial charge in [0.15, 0.2) is 22.9 Å². The zero-order valence-electron chi connectivity index (χ0n) is 16.4. The van der Waals surface area contributed by atoms with Crippen LogP contribution in [0.1, 0.15) is 29.8 Å². The van der Waals surface area contributed by atoms with E-state index in [-0.39, 0.29) is 11.4 Å². The third-order valence-corrected chi connectivity index (χ3v) is 4.45. The average Bonchev–Trinajstić information content (AvgIpc) is 2.72. The Labute approximate surface area is 172 Å². The summed E-state index contributed by atoms with van der Waals surface area (Å²) in [6.07, 6.45) is 1.22. The second-order valence-corrected chi connectivity index (χ2v) is 7.15. The summed E-state index contributed by atoms with van der Waals surface area (Å²) < 4.78 is 21.0. The van der Waals surface area contributed by atoms with E-state index in [2.05, 4.69) is 5.32 Å². The Hall–Kier alpha value is -3.81. The van der Waals surface area contributed by atoms with Gasteiger partial charge in [-0.1, -0.05) is 0 Å². The molecular formula is C22H19NO7. The molecule has 1 fully saturated rings. The van der Waals surface area contributed by atoms with Gasteiger partial charge in [0.25, 0.3) is 5.79 Å². The second-order valence-electron chi connectivity index (χ2n) is 7.15. The molecule has 2 aromatic carbocycles. The molecule has 2 aliphatic heterocycles. The summed E-state index contributed by atoms with van der Waals surface area (Å²) in [5.74, 6) is -1.83.